The predicted octanol–water partition coefficient (Wildman–Crippen LogP) is 1.92. The topological polar surface area (TPSA) is 65.8 Å². The maximum atomic E-state index is 12.9. The molecule has 2 heterocycles. The fourth-order valence-corrected chi connectivity index (χ4v) is 3.16. The zero-order valence-electron chi connectivity index (χ0n) is 15.4. The normalized spacial score (nSPS) is 16.1. The van der Waals surface area contributed by atoms with E-state index in [1.165, 1.54) is 18.4 Å². The Kier molecular flexibility index (Phi) is 6.24. The number of nitrogens with one attached hydrogen (secondary N) is 1. The van der Waals surface area contributed by atoms with Crippen LogP contribution in [-0.2, 0) is 11.2 Å². The van der Waals surface area contributed by atoms with Crippen molar-refractivity contribution in [2.24, 2.45) is 0 Å². The summed E-state index contributed by atoms with van der Waals surface area (Å²) >= 11 is 0. The van der Waals surface area contributed by atoms with Crippen molar-refractivity contribution in [2.75, 3.05) is 32.7 Å². The smallest absolute Gasteiger partial charge is 0.289 e. The number of hydrogen-bond acceptors (Lipinski definition) is 4. The SMILES string of the molecule is CC(C(=O)NCCc1ccc(F)cc1)N1CCN(C(=O)c2ccco2)CC1. The van der Waals surface area contributed by atoms with Gasteiger partial charge in [0, 0.05) is 32.7 Å². The average Bonchev–Trinajstić information content (AvgIpc) is 3.23. The van der Waals surface area contributed by atoms with Crippen LogP contribution >= 0.6 is 0 Å². The van der Waals surface area contributed by atoms with E-state index in [4.69, 9.17) is 4.42 Å². The number of halogens is 1. The fourth-order valence-electron chi connectivity index (χ4n) is 3.16. The zero-order valence-corrected chi connectivity index (χ0v) is 15.4. The van der Waals surface area contributed by atoms with Gasteiger partial charge in [0.05, 0.1) is 12.3 Å². The number of rotatable bonds is 6. The van der Waals surface area contributed by atoms with Crippen molar-refractivity contribution in [3.8, 4) is 0 Å². The average molecular weight is 373 g/mol. The van der Waals surface area contributed by atoms with E-state index in [9.17, 15) is 14.0 Å². The van der Waals surface area contributed by atoms with Crippen molar-refractivity contribution in [3.63, 3.8) is 0 Å². The molecule has 0 bridgehead atoms. The van der Waals surface area contributed by atoms with E-state index in [2.05, 4.69) is 10.2 Å². The molecule has 144 valence electrons. The number of carbonyl (C=O) groups excluding carboxylic acids is 2. The van der Waals surface area contributed by atoms with Gasteiger partial charge in [0.15, 0.2) is 5.76 Å². The summed E-state index contributed by atoms with van der Waals surface area (Å²) in [6.45, 7) is 4.78. The molecule has 27 heavy (non-hydrogen) atoms. The second-order valence-electron chi connectivity index (χ2n) is 6.65. The second-order valence-corrected chi connectivity index (χ2v) is 6.65. The van der Waals surface area contributed by atoms with E-state index in [1.807, 2.05) is 6.92 Å². The lowest BCUT2D eigenvalue weighted by molar-refractivity contribution is -0.126. The quantitative estimate of drug-likeness (QED) is 0.840. The lowest BCUT2D eigenvalue weighted by atomic mass is 10.1. The van der Waals surface area contributed by atoms with Crippen LogP contribution in [0.4, 0.5) is 4.39 Å². The van der Waals surface area contributed by atoms with Crippen molar-refractivity contribution in [1.82, 2.24) is 15.1 Å². The summed E-state index contributed by atoms with van der Waals surface area (Å²) in [5.74, 6) is -0.0740. The third kappa shape index (κ3) is 4.95. The lowest BCUT2D eigenvalue weighted by Gasteiger charge is -2.37. The van der Waals surface area contributed by atoms with Crippen LogP contribution in [0, 0.1) is 5.82 Å². The summed E-state index contributed by atoms with van der Waals surface area (Å²) in [7, 11) is 0. The minimum absolute atomic E-state index is 0.0390. The van der Waals surface area contributed by atoms with Gasteiger partial charge >= 0.3 is 0 Å². The largest absolute Gasteiger partial charge is 0.459 e. The number of piperazine rings is 1. The molecule has 1 aliphatic rings. The molecule has 1 unspecified atom stereocenters. The van der Waals surface area contributed by atoms with Gasteiger partial charge < -0.3 is 14.6 Å². The second kappa shape index (κ2) is 8.81. The lowest BCUT2D eigenvalue weighted by Crippen LogP contribution is -2.55. The van der Waals surface area contributed by atoms with E-state index in [1.54, 1.807) is 29.2 Å². The molecule has 1 atom stereocenters. The molecular formula is C20H24FN3O3. The Labute approximate surface area is 157 Å². The van der Waals surface area contributed by atoms with Crippen molar-refractivity contribution in [1.29, 1.82) is 0 Å². The Bertz CT molecular complexity index is 753. The van der Waals surface area contributed by atoms with Crippen molar-refractivity contribution < 1.29 is 18.4 Å². The van der Waals surface area contributed by atoms with E-state index < -0.39 is 0 Å². The third-order valence-electron chi connectivity index (χ3n) is 4.89. The molecule has 1 aromatic heterocycles. The Morgan fingerprint density at radius 1 is 1.15 bits per heavy atom. The summed E-state index contributed by atoms with van der Waals surface area (Å²) in [6.07, 6.45) is 2.14. The molecular weight excluding hydrogens is 349 g/mol. The predicted molar refractivity (Wildman–Crippen MR) is 98.8 cm³/mol. The molecule has 7 heteroatoms. The third-order valence-corrected chi connectivity index (χ3v) is 4.89. The first kappa shape index (κ1) is 19.1. The number of amides is 2. The van der Waals surface area contributed by atoms with Gasteiger partial charge in [-0.25, -0.2) is 4.39 Å². The molecule has 1 aromatic carbocycles. The molecule has 2 amide bonds. The number of carbonyl (C=O) groups is 2. The van der Waals surface area contributed by atoms with Crippen molar-refractivity contribution in [3.05, 3.63) is 59.8 Å². The van der Waals surface area contributed by atoms with E-state index in [0.717, 1.165) is 5.56 Å². The summed E-state index contributed by atoms with van der Waals surface area (Å²) < 4.78 is 18.1. The summed E-state index contributed by atoms with van der Waals surface area (Å²) in [5, 5.41) is 2.93. The van der Waals surface area contributed by atoms with Gasteiger partial charge in [0.1, 0.15) is 5.82 Å². The molecule has 3 rings (SSSR count). The molecule has 6 nitrogen and oxygen atoms in total. The van der Waals surface area contributed by atoms with Crippen molar-refractivity contribution in [2.45, 2.75) is 19.4 Å². The Morgan fingerprint density at radius 2 is 1.85 bits per heavy atom. The van der Waals surface area contributed by atoms with Gasteiger partial charge in [0.25, 0.3) is 5.91 Å². The fraction of sp³-hybridized carbons (Fsp3) is 0.400. The number of furan rings is 1. The van der Waals surface area contributed by atoms with Crippen LogP contribution in [0.3, 0.4) is 0 Å². The van der Waals surface area contributed by atoms with Gasteiger partial charge in [0.2, 0.25) is 5.91 Å². The maximum absolute atomic E-state index is 12.9. The van der Waals surface area contributed by atoms with Crippen LogP contribution in [0.5, 0.6) is 0 Å². The van der Waals surface area contributed by atoms with E-state index >= 15 is 0 Å². The molecule has 1 saturated heterocycles. The highest BCUT2D eigenvalue weighted by atomic mass is 19.1. The van der Waals surface area contributed by atoms with Crippen LogP contribution in [0.25, 0.3) is 0 Å². The van der Waals surface area contributed by atoms with Gasteiger partial charge in [-0.2, -0.15) is 0 Å². The molecule has 1 fully saturated rings. The first-order chi connectivity index (χ1) is 13.0. The Balaban J connectivity index is 1.41. The first-order valence-corrected chi connectivity index (χ1v) is 9.13. The van der Waals surface area contributed by atoms with Crippen LogP contribution in [0.2, 0.25) is 0 Å². The van der Waals surface area contributed by atoms with Crippen LogP contribution < -0.4 is 5.32 Å². The van der Waals surface area contributed by atoms with Crippen molar-refractivity contribution >= 4 is 11.8 Å². The molecule has 1 N–H and O–H groups in total. The van der Waals surface area contributed by atoms with Gasteiger partial charge in [-0.3, -0.25) is 14.5 Å². The molecule has 0 saturated carbocycles. The minimum atomic E-state index is -0.265. The highest BCUT2D eigenvalue weighted by molar-refractivity contribution is 5.91. The van der Waals surface area contributed by atoms with E-state index in [0.29, 0.717) is 44.9 Å². The molecule has 0 aliphatic carbocycles. The highest BCUT2D eigenvalue weighted by Crippen LogP contribution is 2.11. The van der Waals surface area contributed by atoms with Crippen LogP contribution in [0.15, 0.2) is 47.1 Å². The maximum Gasteiger partial charge on any atom is 0.289 e. The Hall–Kier alpha value is -2.67. The minimum Gasteiger partial charge on any atom is -0.459 e. The van der Waals surface area contributed by atoms with Gasteiger partial charge in [-0.05, 0) is 43.2 Å². The summed E-state index contributed by atoms with van der Waals surface area (Å²) in [4.78, 5) is 28.5. The first-order valence-electron chi connectivity index (χ1n) is 9.13. The standard InChI is InChI=1S/C20H24FN3O3/c1-15(19(25)22-9-8-16-4-6-17(21)7-5-16)23-10-12-24(13-11-23)20(26)18-3-2-14-27-18/h2-7,14-15H,8-13H2,1H3,(H,22,25). The van der Waals surface area contributed by atoms with Crippen LogP contribution in [0.1, 0.15) is 23.0 Å². The summed E-state index contributed by atoms with van der Waals surface area (Å²) in [5.41, 5.74) is 0.981. The molecule has 1 aliphatic heterocycles. The number of hydrogen-bond donors (Lipinski definition) is 1. The zero-order chi connectivity index (χ0) is 19.2. The monoisotopic (exact) mass is 373 g/mol. The molecule has 0 radical (unpaired) electrons. The number of nitrogens with zero attached hydrogens (tertiary/aromatic N) is 2. The van der Waals surface area contributed by atoms with Gasteiger partial charge in [-0.1, -0.05) is 12.1 Å². The van der Waals surface area contributed by atoms with E-state index in [-0.39, 0.29) is 23.7 Å². The van der Waals surface area contributed by atoms with Crippen LogP contribution in [-0.4, -0.2) is 60.4 Å². The highest BCUT2D eigenvalue weighted by Gasteiger charge is 2.28. The molecule has 0 spiro atoms. The Morgan fingerprint density at radius 3 is 2.48 bits per heavy atom. The molecule has 2 aromatic rings. The van der Waals surface area contributed by atoms with Gasteiger partial charge in [-0.15, -0.1) is 0 Å². The summed E-state index contributed by atoms with van der Waals surface area (Å²) in [6, 6.07) is 9.37. The number of benzene rings is 1.